The number of likely N-dealkylation sites (tertiary alicyclic amines) is 1. The molecule has 0 atom stereocenters. The summed E-state index contributed by atoms with van der Waals surface area (Å²) in [6.45, 7) is 4.54. The topological polar surface area (TPSA) is 86.8 Å². The van der Waals surface area contributed by atoms with Crippen LogP contribution in [0.15, 0.2) is 29.2 Å². The summed E-state index contributed by atoms with van der Waals surface area (Å²) in [6.07, 6.45) is 3.21. The van der Waals surface area contributed by atoms with Crippen molar-refractivity contribution in [1.82, 2.24) is 14.5 Å². The number of nitrogens with zero attached hydrogens (tertiary/aromatic N) is 2. The highest BCUT2D eigenvalue weighted by Gasteiger charge is 2.34. The van der Waals surface area contributed by atoms with Crippen molar-refractivity contribution in [2.75, 3.05) is 33.2 Å². The minimum atomic E-state index is -3.62. The SMILES string of the molecule is CNC(=O)c1ccc(S(=O)(=O)N2CCC(C(=O)N3CCC(C)CC3)CC2)cc1. The Kier molecular flexibility index (Phi) is 6.40. The molecule has 1 aromatic carbocycles. The fourth-order valence-corrected chi connectivity index (χ4v) is 5.37. The lowest BCUT2D eigenvalue weighted by Gasteiger charge is -2.36. The van der Waals surface area contributed by atoms with Crippen LogP contribution in [-0.4, -0.2) is 62.7 Å². The summed E-state index contributed by atoms with van der Waals surface area (Å²) < 4.78 is 27.2. The Labute approximate surface area is 167 Å². The molecule has 7 nitrogen and oxygen atoms in total. The monoisotopic (exact) mass is 407 g/mol. The largest absolute Gasteiger partial charge is 0.355 e. The van der Waals surface area contributed by atoms with Gasteiger partial charge in [-0.15, -0.1) is 0 Å². The number of carbonyl (C=O) groups excluding carboxylic acids is 2. The van der Waals surface area contributed by atoms with Gasteiger partial charge in [0, 0.05) is 44.7 Å². The number of hydrogen-bond donors (Lipinski definition) is 1. The molecule has 0 aromatic heterocycles. The van der Waals surface area contributed by atoms with Gasteiger partial charge in [0.2, 0.25) is 15.9 Å². The first-order valence-electron chi connectivity index (χ1n) is 9.94. The molecule has 0 saturated carbocycles. The second-order valence-corrected chi connectivity index (χ2v) is 9.73. The van der Waals surface area contributed by atoms with Crippen LogP contribution in [0.1, 0.15) is 43.0 Å². The van der Waals surface area contributed by atoms with Crippen LogP contribution in [0, 0.1) is 11.8 Å². The Morgan fingerprint density at radius 1 is 0.964 bits per heavy atom. The first-order chi connectivity index (χ1) is 13.3. The molecule has 3 rings (SSSR count). The maximum absolute atomic E-state index is 12.9. The number of piperidine rings is 2. The molecule has 154 valence electrons. The molecule has 8 heteroatoms. The lowest BCUT2D eigenvalue weighted by molar-refractivity contribution is -0.138. The van der Waals surface area contributed by atoms with Crippen LogP contribution in [0.2, 0.25) is 0 Å². The smallest absolute Gasteiger partial charge is 0.251 e. The maximum Gasteiger partial charge on any atom is 0.251 e. The van der Waals surface area contributed by atoms with Crippen LogP contribution < -0.4 is 5.32 Å². The van der Waals surface area contributed by atoms with Crippen LogP contribution >= 0.6 is 0 Å². The summed E-state index contributed by atoms with van der Waals surface area (Å²) in [4.78, 5) is 26.5. The zero-order valence-corrected chi connectivity index (χ0v) is 17.4. The van der Waals surface area contributed by atoms with Gasteiger partial charge < -0.3 is 10.2 Å². The van der Waals surface area contributed by atoms with Crippen molar-refractivity contribution in [2.45, 2.75) is 37.5 Å². The Bertz CT molecular complexity index is 806. The van der Waals surface area contributed by atoms with Crippen molar-refractivity contribution in [2.24, 2.45) is 11.8 Å². The van der Waals surface area contributed by atoms with Gasteiger partial charge in [-0.3, -0.25) is 9.59 Å². The van der Waals surface area contributed by atoms with E-state index in [2.05, 4.69) is 12.2 Å². The van der Waals surface area contributed by atoms with Gasteiger partial charge in [-0.1, -0.05) is 6.92 Å². The summed E-state index contributed by atoms with van der Waals surface area (Å²) >= 11 is 0. The van der Waals surface area contributed by atoms with E-state index in [-0.39, 0.29) is 22.6 Å². The van der Waals surface area contributed by atoms with Gasteiger partial charge >= 0.3 is 0 Å². The summed E-state index contributed by atoms with van der Waals surface area (Å²) in [7, 11) is -2.09. The minimum absolute atomic E-state index is 0.0875. The molecular weight excluding hydrogens is 378 g/mol. The van der Waals surface area contributed by atoms with Gasteiger partial charge in [0.1, 0.15) is 0 Å². The van der Waals surface area contributed by atoms with Crippen LogP contribution in [0.3, 0.4) is 0 Å². The van der Waals surface area contributed by atoms with Crippen LogP contribution in [0.4, 0.5) is 0 Å². The molecule has 2 saturated heterocycles. The lowest BCUT2D eigenvalue weighted by Crippen LogP contribution is -2.46. The third-order valence-corrected chi connectivity index (χ3v) is 7.79. The molecule has 2 amide bonds. The Morgan fingerprint density at radius 3 is 2.07 bits per heavy atom. The number of sulfonamides is 1. The third-order valence-electron chi connectivity index (χ3n) is 5.88. The van der Waals surface area contributed by atoms with Crippen molar-refractivity contribution in [3.05, 3.63) is 29.8 Å². The predicted octanol–water partition coefficient (Wildman–Crippen LogP) is 1.71. The van der Waals surface area contributed by atoms with E-state index in [9.17, 15) is 18.0 Å². The summed E-state index contributed by atoms with van der Waals surface area (Å²) in [6, 6.07) is 5.96. The summed E-state index contributed by atoms with van der Waals surface area (Å²) in [5.41, 5.74) is 0.418. The van der Waals surface area contributed by atoms with Crippen LogP contribution in [0.25, 0.3) is 0 Å². The van der Waals surface area contributed by atoms with Gasteiger partial charge in [0.25, 0.3) is 5.91 Å². The highest BCUT2D eigenvalue weighted by atomic mass is 32.2. The highest BCUT2D eigenvalue weighted by Crippen LogP contribution is 2.27. The number of nitrogens with one attached hydrogen (secondary N) is 1. The molecule has 0 radical (unpaired) electrons. The average molecular weight is 408 g/mol. The van der Waals surface area contributed by atoms with Gasteiger partial charge in [-0.25, -0.2) is 8.42 Å². The fourth-order valence-electron chi connectivity index (χ4n) is 3.90. The van der Waals surface area contributed by atoms with Crippen molar-refractivity contribution >= 4 is 21.8 Å². The van der Waals surface area contributed by atoms with Crippen molar-refractivity contribution in [1.29, 1.82) is 0 Å². The quantitative estimate of drug-likeness (QED) is 0.823. The minimum Gasteiger partial charge on any atom is -0.355 e. The van der Waals surface area contributed by atoms with Crippen LogP contribution in [-0.2, 0) is 14.8 Å². The molecule has 2 aliphatic rings. The second-order valence-electron chi connectivity index (χ2n) is 7.79. The standard InChI is InChI=1S/C20H29N3O4S/c1-15-7-11-22(12-8-15)20(25)17-9-13-23(14-10-17)28(26,27)18-5-3-16(4-6-18)19(24)21-2/h3-6,15,17H,7-14H2,1-2H3,(H,21,24). The summed E-state index contributed by atoms with van der Waals surface area (Å²) in [5.74, 6) is 0.510. The summed E-state index contributed by atoms with van der Waals surface area (Å²) in [5, 5.41) is 2.51. The van der Waals surface area contributed by atoms with E-state index in [0.29, 0.717) is 37.4 Å². The van der Waals surface area contributed by atoms with Crippen molar-refractivity contribution in [3.8, 4) is 0 Å². The number of rotatable bonds is 4. The van der Waals surface area contributed by atoms with E-state index in [1.807, 2.05) is 4.90 Å². The molecule has 1 N–H and O–H groups in total. The Hall–Kier alpha value is -1.93. The van der Waals surface area contributed by atoms with Gasteiger partial charge in [0.15, 0.2) is 0 Å². The van der Waals surface area contributed by atoms with E-state index in [0.717, 1.165) is 25.9 Å². The average Bonchev–Trinajstić information content (AvgIpc) is 2.73. The first-order valence-corrected chi connectivity index (χ1v) is 11.4. The van der Waals surface area contributed by atoms with E-state index in [4.69, 9.17) is 0 Å². The van der Waals surface area contributed by atoms with E-state index in [1.54, 1.807) is 0 Å². The number of carbonyl (C=O) groups is 2. The Balaban J connectivity index is 1.60. The molecule has 28 heavy (non-hydrogen) atoms. The number of amides is 2. The van der Waals surface area contributed by atoms with Gasteiger partial charge in [0.05, 0.1) is 4.90 Å². The molecule has 0 spiro atoms. The second kappa shape index (κ2) is 8.61. The van der Waals surface area contributed by atoms with E-state index >= 15 is 0 Å². The zero-order valence-electron chi connectivity index (χ0n) is 16.6. The Morgan fingerprint density at radius 2 is 1.54 bits per heavy atom. The predicted molar refractivity (Wildman–Crippen MR) is 106 cm³/mol. The highest BCUT2D eigenvalue weighted by molar-refractivity contribution is 7.89. The lowest BCUT2D eigenvalue weighted by atomic mass is 9.93. The third kappa shape index (κ3) is 4.38. The first kappa shape index (κ1) is 20.8. The van der Waals surface area contributed by atoms with Gasteiger partial charge in [-0.2, -0.15) is 4.31 Å². The van der Waals surface area contributed by atoms with Crippen molar-refractivity contribution in [3.63, 3.8) is 0 Å². The molecule has 2 aliphatic heterocycles. The number of hydrogen-bond acceptors (Lipinski definition) is 4. The van der Waals surface area contributed by atoms with E-state index in [1.165, 1.54) is 35.6 Å². The molecule has 2 heterocycles. The molecule has 0 unspecified atom stereocenters. The maximum atomic E-state index is 12.9. The van der Waals surface area contributed by atoms with Crippen LogP contribution in [0.5, 0.6) is 0 Å². The number of benzene rings is 1. The molecule has 2 fully saturated rings. The fraction of sp³-hybridized carbons (Fsp3) is 0.600. The molecular formula is C20H29N3O4S. The molecule has 0 aliphatic carbocycles. The van der Waals surface area contributed by atoms with E-state index < -0.39 is 10.0 Å². The van der Waals surface area contributed by atoms with Gasteiger partial charge in [-0.05, 0) is 55.9 Å². The normalized spacial score (nSPS) is 20.1. The molecule has 1 aromatic rings. The zero-order chi connectivity index (χ0) is 20.3. The molecule has 0 bridgehead atoms. The van der Waals surface area contributed by atoms with Crippen molar-refractivity contribution < 1.29 is 18.0 Å².